The van der Waals surface area contributed by atoms with Crippen molar-refractivity contribution in [3.63, 3.8) is 0 Å². The Bertz CT molecular complexity index is 560. The third-order valence-corrected chi connectivity index (χ3v) is 2.80. The molecule has 2 heterocycles. The van der Waals surface area contributed by atoms with E-state index in [4.69, 9.17) is 11.6 Å². The summed E-state index contributed by atoms with van der Waals surface area (Å²) in [5.74, 6) is 0. The molecule has 4 nitrogen and oxygen atoms in total. The predicted octanol–water partition coefficient (Wildman–Crippen LogP) is 2.05. The molecule has 0 aliphatic rings. The molecule has 5 heteroatoms. The molecule has 2 rings (SSSR count). The molecular formula is C10H10ClN3O. The molecule has 0 atom stereocenters. The molecule has 0 saturated heterocycles. The molecular weight excluding hydrogens is 214 g/mol. The quantitative estimate of drug-likeness (QED) is 0.549. The summed E-state index contributed by atoms with van der Waals surface area (Å²) < 4.78 is 1.66. The lowest BCUT2D eigenvalue weighted by atomic mass is 10.1. The van der Waals surface area contributed by atoms with Crippen LogP contribution in [0.4, 0.5) is 0 Å². The highest BCUT2D eigenvalue weighted by Gasteiger charge is 2.15. The second kappa shape index (κ2) is 3.31. The second-order valence-electron chi connectivity index (χ2n) is 3.47. The first kappa shape index (κ1) is 10.1. The van der Waals surface area contributed by atoms with Crippen molar-refractivity contribution in [3.05, 3.63) is 22.0 Å². The van der Waals surface area contributed by atoms with E-state index in [-0.39, 0.29) is 5.15 Å². The summed E-state index contributed by atoms with van der Waals surface area (Å²) in [7, 11) is 1.80. The number of hydrogen-bond donors (Lipinski definition) is 0. The fourth-order valence-electron chi connectivity index (χ4n) is 1.79. The van der Waals surface area contributed by atoms with Crippen LogP contribution >= 0.6 is 11.6 Å². The van der Waals surface area contributed by atoms with Crippen molar-refractivity contribution in [2.24, 2.45) is 7.05 Å². The Kier molecular flexibility index (Phi) is 2.23. The number of hydrogen-bond acceptors (Lipinski definition) is 3. The number of halogens is 1. The van der Waals surface area contributed by atoms with Crippen LogP contribution in [0.1, 0.15) is 21.6 Å². The molecule has 0 fully saturated rings. The Hall–Kier alpha value is -1.42. The van der Waals surface area contributed by atoms with Crippen LogP contribution in [0.2, 0.25) is 5.15 Å². The summed E-state index contributed by atoms with van der Waals surface area (Å²) >= 11 is 5.91. The van der Waals surface area contributed by atoms with E-state index in [1.165, 1.54) is 0 Å². The maximum atomic E-state index is 10.9. The molecule has 0 radical (unpaired) electrons. The van der Waals surface area contributed by atoms with Gasteiger partial charge in [-0.25, -0.2) is 4.98 Å². The monoisotopic (exact) mass is 223 g/mol. The van der Waals surface area contributed by atoms with E-state index in [1.54, 1.807) is 11.7 Å². The number of aromatic nitrogens is 3. The van der Waals surface area contributed by atoms with Gasteiger partial charge in [-0.1, -0.05) is 11.6 Å². The van der Waals surface area contributed by atoms with Gasteiger partial charge in [0, 0.05) is 12.4 Å². The van der Waals surface area contributed by atoms with Gasteiger partial charge < -0.3 is 0 Å². The molecule has 15 heavy (non-hydrogen) atoms. The van der Waals surface area contributed by atoms with E-state index in [1.807, 2.05) is 13.8 Å². The van der Waals surface area contributed by atoms with E-state index in [0.29, 0.717) is 11.2 Å². The number of nitrogens with zero attached hydrogens (tertiary/aromatic N) is 3. The Balaban J connectivity index is 3.00. The average Bonchev–Trinajstić information content (AvgIpc) is 2.42. The van der Waals surface area contributed by atoms with Gasteiger partial charge in [0.1, 0.15) is 5.15 Å². The molecule has 0 N–H and O–H groups in total. The van der Waals surface area contributed by atoms with Crippen molar-refractivity contribution in [1.29, 1.82) is 0 Å². The summed E-state index contributed by atoms with van der Waals surface area (Å²) in [4.78, 5) is 15.0. The van der Waals surface area contributed by atoms with E-state index >= 15 is 0 Å². The van der Waals surface area contributed by atoms with E-state index in [9.17, 15) is 4.79 Å². The molecule has 2 aromatic heterocycles. The molecule has 0 aliphatic heterocycles. The number of carbonyl (C=O) groups excluding carboxylic acids is 1. The SMILES string of the molecule is Cc1nn(C)c2nc(Cl)c(C=O)c(C)c12. The first-order chi connectivity index (χ1) is 7.06. The summed E-state index contributed by atoms with van der Waals surface area (Å²) in [5, 5.41) is 5.39. The van der Waals surface area contributed by atoms with Crippen LogP contribution in [0.15, 0.2) is 0 Å². The zero-order valence-corrected chi connectivity index (χ0v) is 9.46. The lowest BCUT2D eigenvalue weighted by molar-refractivity contribution is 0.112. The summed E-state index contributed by atoms with van der Waals surface area (Å²) in [5.41, 5.74) is 2.85. The zero-order valence-electron chi connectivity index (χ0n) is 8.71. The van der Waals surface area contributed by atoms with E-state index in [2.05, 4.69) is 10.1 Å². The number of aryl methyl sites for hydroxylation is 3. The molecule has 0 unspecified atom stereocenters. The molecule has 78 valence electrons. The van der Waals surface area contributed by atoms with Gasteiger partial charge in [-0.05, 0) is 19.4 Å². The lowest BCUT2D eigenvalue weighted by Gasteiger charge is -2.03. The zero-order chi connectivity index (χ0) is 11.2. The number of pyridine rings is 1. The first-order valence-electron chi connectivity index (χ1n) is 4.51. The highest BCUT2D eigenvalue weighted by atomic mass is 35.5. The summed E-state index contributed by atoms with van der Waals surface area (Å²) in [6.45, 7) is 3.74. The highest BCUT2D eigenvalue weighted by Crippen LogP contribution is 2.26. The number of fused-ring (bicyclic) bond motifs is 1. The van der Waals surface area contributed by atoms with Crippen molar-refractivity contribution in [2.45, 2.75) is 13.8 Å². The smallest absolute Gasteiger partial charge is 0.159 e. The molecule has 0 amide bonds. The maximum absolute atomic E-state index is 10.9. The Morgan fingerprint density at radius 1 is 1.40 bits per heavy atom. The van der Waals surface area contributed by atoms with Crippen molar-refractivity contribution < 1.29 is 4.79 Å². The highest BCUT2D eigenvalue weighted by molar-refractivity contribution is 6.32. The predicted molar refractivity (Wildman–Crippen MR) is 58.4 cm³/mol. The Labute approximate surface area is 91.9 Å². The standard InChI is InChI=1S/C10H10ClN3O/c1-5-7(4-15)9(11)12-10-8(5)6(2)13-14(10)3/h4H,1-3H3. The molecule has 2 aromatic rings. The number of aldehydes is 1. The van der Waals surface area contributed by atoms with Crippen molar-refractivity contribution in [1.82, 2.24) is 14.8 Å². The van der Waals surface area contributed by atoms with Gasteiger partial charge in [0.15, 0.2) is 11.9 Å². The van der Waals surface area contributed by atoms with Gasteiger partial charge in [-0.2, -0.15) is 5.10 Å². The normalized spacial score (nSPS) is 10.9. The van der Waals surface area contributed by atoms with Crippen molar-refractivity contribution >= 4 is 28.9 Å². The van der Waals surface area contributed by atoms with Crippen molar-refractivity contribution in [2.75, 3.05) is 0 Å². The minimum Gasteiger partial charge on any atom is -0.298 e. The minimum absolute atomic E-state index is 0.234. The van der Waals surface area contributed by atoms with Crippen LogP contribution < -0.4 is 0 Å². The van der Waals surface area contributed by atoms with Gasteiger partial charge in [0.05, 0.1) is 11.3 Å². The fraction of sp³-hybridized carbons (Fsp3) is 0.300. The van der Waals surface area contributed by atoms with Gasteiger partial charge in [-0.15, -0.1) is 0 Å². The van der Waals surface area contributed by atoms with E-state index in [0.717, 1.165) is 22.9 Å². The van der Waals surface area contributed by atoms with Crippen LogP contribution in [-0.4, -0.2) is 21.1 Å². The van der Waals surface area contributed by atoms with Crippen LogP contribution in [-0.2, 0) is 7.05 Å². The topological polar surface area (TPSA) is 47.8 Å². The van der Waals surface area contributed by atoms with Gasteiger partial charge >= 0.3 is 0 Å². The third-order valence-electron chi connectivity index (χ3n) is 2.52. The van der Waals surface area contributed by atoms with Gasteiger partial charge in [0.2, 0.25) is 0 Å². The molecule has 0 aliphatic carbocycles. The summed E-state index contributed by atoms with van der Waals surface area (Å²) in [6.07, 6.45) is 0.733. The van der Waals surface area contributed by atoms with Crippen molar-refractivity contribution in [3.8, 4) is 0 Å². The average molecular weight is 224 g/mol. The maximum Gasteiger partial charge on any atom is 0.159 e. The van der Waals surface area contributed by atoms with Crippen LogP contribution in [0.25, 0.3) is 11.0 Å². The fourth-order valence-corrected chi connectivity index (χ4v) is 2.06. The Morgan fingerprint density at radius 2 is 2.07 bits per heavy atom. The third kappa shape index (κ3) is 1.33. The Morgan fingerprint density at radius 3 is 2.67 bits per heavy atom. The first-order valence-corrected chi connectivity index (χ1v) is 4.88. The van der Waals surface area contributed by atoms with Crippen LogP contribution in [0.3, 0.4) is 0 Å². The molecule has 0 bridgehead atoms. The summed E-state index contributed by atoms with van der Waals surface area (Å²) in [6, 6.07) is 0. The molecule has 0 saturated carbocycles. The molecule has 0 spiro atoms. The van der Waals surface area contributed by atoms with E-state index < -0.39 is 0 Å². The second-order valence-corrected chi connectivity index (χ2v) is 3.82. The largest absolute Gasteiger partial charge is 0.298 e. The lowest BCUT2D eigenvalue weighted by Crippen LogP contribution is -1.96. The minimum atomic E-state index is 0.234. The number of rotatable bonds is 1. The van der Waals surface area contributed by atoms with Gasteiger partial charge in [0.25, 0.3) is 0 Å². The number of carbonyl (C=O) groups is 1. The van der Waals surface area contributed by atoms with Crippen LogP contribution in [0, 0.1) is 13.8 Å². The molecule has 0 aromatic carbocycles. The van der Waals surface area contributed by atoms with Crippen LogP contribution in [0.5, 0.6) is 0 Å². The van der Waals surface area contributed by atoms with Gasteiger partial charge in [-0.3, -0.25) is 9.48 Å².